The Kier molecular flexibility index (Phi) is 4.42. The van der Waals surface area contributed by atoms with Crippen LogP contribution in [0.4, 0.5) is 5.82 Å². The minimum absolute atomic E-state index is 0.400. The summed E-state index contributed by atoms with van der Waals surface area (Å²) >= 11 is 6.22. The number of anilines is 1. The maximum absolute atomic E-state index is 9.88. The Hall–Kier alpha value is -3.48. The zero-order valence-corrected chi connectivity index (χ0v) is 15.2. The van der Waals surface area contributed by atoms with Crippen molar-refractivity contribution in [1.29, 1.82) is 5.26 Å². The maximum atomic E-state index is 9.88. The van der Waals surface area contributed by atoms with Gasteiger partial charge in [0.15, 0.2) is 0 Å². The Morgan fingerprint density at radius 1 is 0.815 bits per heavy atom. The third-order valence-corrected chi connectivity index (χ3v) is 4.73. The van der Waals surface area contributed by atoms with Crippen molar-refractivity contribution in [2.24, 2.45) is 0 Å². The van der Waals surface area contributed by atoms with E-state index in [0.717, 1.165) is 28.1 Å². The highest BCUT2D eigenvalue weighted by molar-refractivity contribution is 6.30. The van der Waals surface area contributed by atoms with E-state index in [-0.39, 0.29) is 0 Å². The van der Waals surface area contributed by atoms with E-state index in [9.17, 15) is 5.26 Å². The minimum atomic E-state index is 0.400. The minimum Gasteiger partial charge on any atom is -0.384 e. The highest BCUT2D eigenvalue weighted by atomic mass is 35.5. The van der Waals surface area contributed by atoms with Crippen LogP contribution in [0.15, 0.2) is 84.9 Å². The molecule has 4 aromatic rings. The number of halogens is 1. The van der Waals surface area contributed by atoms with E-state index in [2.05, 4.69) is 6.07 Å². The molecule has 3 aromatic carbocycles. The normalized spacial score (nSPS) is 10.5. The van der Waals surface area contributed by atoms with Crippen LogP contribution in [-0.4, -0.2) is 4.57 Å². The van der Waals surface area contributed by atoms with Crippen molar-refractivity contribution in [3.05, 3.63) is 95.5 Å². The molecular formula is C23H16ClN3. The average molecular weight is 370 g/mol. The summed E-state index contributed by atoms with van der Waals surface area (Å²) in [7, 11) is 0. The van der Waals surface area contributed by atoms with Crippen LogP contribution in [0.25, 0.3) is 28.1 Å². The van der Waals surface area contributed by atoms with Gasteiger partial charge in [-0.1, -0.05) is 78.3 Å². The lowest BCUT2D eigenvalue weighted by molar-refractivity contribution is 1.10. The van der Waals surface area contributed by atoms with Gasteiger partial charge in [0, 0.05) is 16.3 Å². The van der Waals surface area contributed by atoms with Gasteiger partial charge in [0.1, 0.15) is 17.5 Å². The van der Waals surface area contributed by atoms with Crippen molar-refractivity contribution in [3.8, 4) is 34.1 Å². The summed E-state index contributed by atoms with van der Waals surface area (Å²) in [5, 5.41) is 10.5. The van der Waals surface area contributed by atoms with Gasteiger partial charge in [-0.2, -0.15) is 5.26 Å². The third kappa shape index (κ3) is 2.97. The van der Waals surface area contributed by atoms with Crippen LogP contribution < -0.4 is 5.73 Å². The summed E-state index contributed by atoms with van der Waals surface area (Å²) in [6, 6.07) is 29.6. The van der Waals surface area contributed by atoms with Crippen molar-refractivity contribution in [2.75, 3.05) is 5.73 Å². The molecule has 0 saturated heterocycles. The molecule has 130 valence electrons. The second-order valence-electron chi connectivity index (χ2n) is 6.14. The van der Waals surface area contributed by atoms with E-state index < -0.39 is 0 Å². The molecule has 0 fully saturated rings. The second-order valence-corrected chi connectivity index (χ2v) is 6.58. The number of hydrogen-bond donors (Lipinski definition) is 1. The van der Waals surface area contributed by atoms with Crippen molar-refractivity contribution in [1.82, 2.24) is 4.57 Å². The van der Waals surface area contributed by atoms with E-state index >= 15 is 0 Å². The molecule has 0 unspecified atom stereocenters. The molecule has 0 bridgehead atoms. The Bertz CT molecular complexity index is 1140. The summed E-state index contributed by atoms with van der Waals surface area (Å²) in [6.45, 7) is 0. The maximum Gasteiger partial charge on any atom is 0.127 e. The summed E-state index contributed by atoms with van der Waals surface area (Å²) in [4.78, 5) is 0. The number of rotatable bonds is 3. The van der Waals surface area contributed by atoms with E-state index in [1.807, 2.05) is 89.5 Å². The van der Waals surface area contributed by atoms with Crippen LogP contribution in [0.2, 0.25) is 5.02 Å². The molecule has 4 heteroatoms. The zero-order chi connectivity index (χ0) is 18.8. The first-order valence-electron chi connectivity index (χ1n) is 8.51. The number of nitriles is 1. The Morgan fingerprint density at radius 2 is 1.44 bits per heavy atom. The topological polar surface area (TPSA) is 54.7 Å². The van der Waals surface area contributed by atoms with Gasteiger partial charge >= 0.3 is 0 Å². The molecule has 0 spiro atoms. The fourth-order valence-corrected chi connectivity index (χ4v) is 3.53. The van der Waals surface area contributed by atoms with Gasteiger partial charge in [0.25, 0.3) is 0 Å². The first kappa shape index (κ1) is 17.0. The lowest BCUT2D eigenvalue weighted by atomic mass is 9.98. The quantitative estimate of drug-likeness (QED) is 0.487. The molecule has 0 amide bonds. The highest BCUT2D eigenvalue weighted by Crippen LogP contribution is 2.42. The Morgan fingerprint density at radius 3 is 2.04 bits per heavy atom. The number of nitrogen functional groups attached to an aromatic ring is 1. The highest BCUT2D eigenvalue weighted by Gasteiger charge is 2.24. The van der Waals surface area contributed by atoms with Crippen LogP contribution >= 0.6 is 11.6 Å². The summed E-state index contributed by atoms with van der Waals surface area (Å²) in [6.07, 6.45) is 0. The first-order chi connectivity index (χ1) is 13.2. The lowest BCUT2D eigenvalue weighted by Crippen LogP contribution is -2.02. The third-order valence-electron chi connectivity index (χ3n) is 4.50. The zero-order valence-electron chi connectivity index (χ0n) is 14.4. The molecule has 0 aliphatic carbocycles. The summed E-state index contributed by atoms with van der Waals surface area (Å²) < 4.78 is 1.90. The largest absolute Gasteiger partial charge is 0.384 e. The van der Waals surface area contributed by atoms with Gasteiger partial charge in [-0.25, -0.2) is 0 Å². The average Bonchev–Trinajstić information content (AvgIpc) is 3.01. The molecule has 0 saturated carbocycles. The Balaban J connectivity index is 2.14. The van der Waals surface area contributed by atoms with Gasteiger partial charge in [-0.3, -0.25) is 4.57 Å². The molecule has 0 atom stereocenters. The van der Waals surface area contributed by atoms with Gasteiger partial charge in [0.2, 0.25) is 0 Å². The molecule has 4 rings (SSSR count). The van der Waals surface area contributed by atoms with Gasteiger partial charge in [-0.15, -0.1) is 0 Å². The Labute approximate surface area is 162 Å². The van der Waals surface area contributed by atoms with Crippen molar-refractivity contribution < 1.29 is 0 Å². The molecule has 0 radical (unpaired) electrons. The molecule has 3 nitrogen and oxygen atoms in total. The van der Waals surface area contributed by atoms with Crippen molar-refractivity contribution in [2.45, 2.75) is 0 Å². The number of nitrogens with zero attached hydrogens (tertiary/aromatic N) is 2. The predicted octanol–water partition coefficient (Wildman–Crippen LogP) is 5.92. The molecule has 1 heterocycles. The monoisotopic (exact) mass is 369 g/mol. The van der Waals surface area contributed by atoms with E-state index in [1.165, 1.54) is 0 Å². The predicted molar refractivity (Wildman–Crippen MR) is 111 cm³/mol. The van der Waals surface area contributed by atoms with Crippen LogP contribution in [0.5, 0.6) is 0 Å². The van der Waals surface area contributed by atoms with Crippen LogP contribution in [0, 0.1) is 11.3 Å². The van der Waals surface area contributed by atoms with Gasteiger partial charge in [0.05, 0.1) is 5.69 Å². The lowest BCUT2D eigenvalue weighted by Gasteiger charge is -2.13. The SMILES string of the molecule is N#Cc1c(-c2ccccc2)c(-c2ccccc2)n(-c2cccc(Cl)c2)c1N. The number of hydrogen-bond acceptors (Lipinski definition) is 2. The first-order valence-corrected chi connectivity index (χ1v) is 8.89. The number of nitrogens with two attached hydrogens (primary N) is 1. The van der Waals surface area contributed by atoms with Crippen LogP contribution in [-0.2, 0) is 0 Å². The smallest absolute Gasteiger partial charge is 0.127 e. The van der Waals surface area contributed by atoms with E-state index in [0.29, 0.717) is 16.4 Å². The van der Waals surface area contributed by atoms with Crippen molar-refractivity contribution >= 4 is 17.4 Å². The molecule has 1 aromatic heterocycles. The second kappa shape index (κ2) is 7.03. The molecular weight excluding hydrogens is 354 g/mol. The van der Waals surface area contributed by atoms with Crippen molar-refractivity contribution in [3.63, 3.8) is 0 Å². The molecule has 27 heavy (non-hydrogen) atoms. The number of aromatic nitrogens is 1. The fraction of sp³-hybridized carbons (Fsp3) is 0. The van der Waals surface area contributed by atoms with Crippen LogP contribution in [0.1, 0.15) is 5.56 Å². The summed E-state index contributed by atoms with van der Waals surface area (Å²) in [5.41, 5.74) is 11.4. The summed E-state index contributed by atoms with van der Waals surface area (Å²) in [5.74, 6) is 0.400. The van der Waals surface area contributed by atoms with E-state index in [4.69, 9.17) is 17.3 Å². The molecule has 0 aliphatic rings. The fourth-order valence-electron chi connectivity index (χ4n) is 3.34. The van der Waals surface area contributed by atoms with E-state index in [1.54, 1.807) is 0 Å². The number of benzene rings is 3. The standard InChI is InChI=1S/C23H16ClN3/c24-18-12-7-13-19(14-18)27-22(17-10-5-2-6-11-17)21(20(15-25)23(27)26)16-8-3-1-4-9-16/h1-14H,26H2. The van der Waals surface area contributed by atoms with Gasteiger partial charge in [-0.05, 0) is 29.3 Å². The molecule has 0 aliphatic heterocycles. The molecule has 2 N–H and O–H groups in total. The van der Waals surface area contributed by atoms with Gasteiger partial charge < -0.3 is 5.73 Å². The van der Waals surface area contributed by atoms with Crippen LogP contribution in [0.3, 0.4) is 0 Å².